The Morgan fingerprint density at radius 1 is 0.857 bits per heavy atom. The smallest absolute Gasteiger partial charge is 0.160 e. The lowest BCUT2D eigenvalue weighted by molar-refractivity contribution is 0.112. The molecule has 0 aliphatic rings. The first-order chi connectivity index (χ1) is 13.4. The van der Waals surface area contributed by atoms with Gasteiger partial charge in [0.2, 0.25) is 0 Å². The Kier molecular flexibility index (Phi) is 5.54. The third-order valence-electron chi connectivity index (χ3n) is 4.66. The number of phenols is 3. The van der Waals surface area contributed by atoms with E-state index in [-0.39, 0.29) is 22.8 Å². The molecule has 0 unspecified atom stereocenters. The van der Waals surface area contributed by atoms with E-state index in [9.17, 15) is 20.1 Å². The van der Waals surface area contributed by atoms with E-state index in [1.807, 2.05) is 19.1 Å². The van der Waals surface area contributed by atoms with Crippen molar-refractivity contribution in [3.05, 3.63) is 81.9 Å². The van der Waals surface area contributed by atoms with Crippen molar-refractivity contribution in [1.82, 2.24) is 0 Å². The van der Waals surface area contributed by atoms with Crippen molar-refractivity contribution in [1.29, 1.82) is 0 Å². The Hall–Kier alpha value is -3.47. The maximum Gasteiger partial charge on any atom is 0.160 e. The number of rotatable bonds is 6. The van der Waals surface area contributed by atoms with E-state index in [2.05, 4.69) is 0 Å². The van der Waals surface area contributed by atoms with Gasteiger partial charge in [-0.1, -0.05) is 29.8 Å². The van der Waals surface area contributed by atoms with E-state index < -0.39 is 0 Å². The summed E-state index contributed by atoms with van der Waals surface area (Å²) in [7, 11) is 1.49. The van der Waals surface area contributed by atoms with Crippen molar-refractivity contribution in [3.63, 3.8) is 0 Å². The highest BCUT2D eigenvalue weighted by Crippen LogP contribution is 2.32. The molecule has 0 aliphatic heterocycles. The molecule has 5 nitrogen and oxygen atoms in total. The Balaban J connectivity index is 1.93. The summed E-state index contributed by atoms with van der Waals surface area (Å²) in [5.41, 5.74) is 4.44. The SMILES string of the molecule is COc1cc(Cc2cc(C)cc(Cc3ccc(O)c(C=O)c3)c2O)ccc1O. The van der Waals surface area contributed by atoms with Gasteiger partial charge in [-0.25, -0.2) is 0 Å². The number of carbonyl (C=O) groups excluding carboxylic acids is 1. The molecule has 0 atom stereocenters. The zero-order valence-electron chi connectivity index (χ0n) is 15.8. The second-order valence-corrected chi connectivity index (χ2v) is 6.80. The number of aldehydes is 1. The van der Waals surface area contributed by atoms with Gasteiger partial charge in [0, 0.05) is 12.8 Å². The van der Waals surface area contributed by atoms with Crippen LogP contribution in [-0.2, 0) is 12.8 Å². The van der Waals surface area contributed by atoms with Crippen LogP contribution < -0.4 is 4.74 Å². The first kappa shape index (κ1) is 19.3. The predicted octanol–water partition coefficient (Wildman–Crippen LogP) is 4.11. The lowest BCUT2D eigenvalue weighted by Crippen LogP contribution is -1.97. The summed E-state index contributed by atoms with van der Waals surface area (Å²) in [6.07, 6.45) is 1.52. The highest BCUT2D eigenvalue weighted by molar-refractivity contribution is 5.79. The maximum absolute atomic E-state index is 11.0. The van der Waals surface area contributed by atoms with Crippen molar-refractivity contribution in [2.45, 2.75) is 19.8 Å². The molecule has 28 heavy (non-hydrogen) atoms. The van der Waals surface area contributed by atoms with Crippen LogP contribution in [0.2, 0.25) is 0 Å². The van der Waals surface area contributed by atoms with Gasteiger partial charge in [-0.15, -0.1) is 0 Å². The van der Waals surface area contributed by atoms with Gasteiger partial charge in [-0.05, 0) is 53.4 Å². The number of ether oxygens (including phenoxy) is 1. The van der Waals surface area contributed by atoms with Crippen LogP contribution in [0.3, 0.4) is 0 Å². The van der Waals surface area contributed by atoms with Gasteiger partial charge in [0.05, 0.1) is 12.7 Å². The summed E-state index contributed by atoms with van der Waals surface area (Å²) in [6, 6.07) is 13.8. The first-order valence-corrected chi connectivity index (χ1v) is 8.85. The van der Waals surface area contributed by atoms with Gasteiger partial charge in [0.1, 0.15) is 11.5 Å². The molecule has 0 aliphatic carbocycles. The van der Waals surface area contributed by atoms with Gasteiger partial charge >= 0.3 is 0 Å². The van der Waals surface area contributed by atoms with Gasteiger partial charge in [-0.3, -0.25) is 4.79 Å². The molecule has 0 amide bonds. The molecule has 0 bridgehead atoms. The molecule has 144 valence electrons. The van der Waals surface area contributed by atoms with E-state index in [1.165, 1.54) is 13.2 Å². The zero-order chi connectivity index (χ0) is 20.3. The fraction of sp³-hybridized carbons (Fsp3) is 0.174. The molecular weight excluding hydrogens is 356 g/mol. The van der Waals surface area contributed by atoms with Crippen LogP contribution in [0.15, 0.2) is 48.5 Å². The minimum atomic E-state index is -0.0609. The molecule has 0 radical (unpaired) electrons. The van der Waals surface area contributed by atoms with Gasteiger partial charge in [-0.2, -0.15) is 0 Å². The van der Waals surface area contributed by atoms with E-state index in [1.54, 1.807) is 30.3 Å². The lowest BCUT2D eigenvalue weighted by Gasteiger charge is -2.13. The van der Waals surface area contributed by atoms with Crippen LogP contribution in [-0.4, -0.2) is 28.7 Å². The minimum absolute atomic E-state index is 0.0609. The molecule has 0 fully saturated rings. The topological polar surface area (TPSA) is 87.0 Å². The van der Waals surface area contributed by atoms with Crippen molar-refractivity contribution < 1.29 is 24.9 Å². The summed E-state index contributed by atoms with van der Waals surface area (Å²) < 4.78 is 5.15. The minimum Gasteiger partial charge on any atom is -0.507 e. The number of hydrogen-bond acceptors (Lipinski definition) is 5. The third kappa shape index (κ3) is 4.09. The van der Waals surface area contributed by atoms with E-state index in [4.69, 9.17) is 4.74 Å². The maximum atomic E-state index is 11.0. The van der Waals surface area contributed by atoms with Crippen LogP contribution >= 0.6 is 0 Å². The van der Waals surface area contributed by atoms with Crippen LogP contribution in [0, 0.1) is 6.92 Å². The fourth-order valence-corrected chi connectivity index (χ4v) is 3.28. The summed E-state index contributed by atoms with van der Waals surface area (Å²) in [4.78, 5) is 11.0. The van der Waals surface area contributed by atoms with E-state index in [0.717, 1.165) is 27.8 Å². The number of hydrogen-bond donors (Lipinski definition) is 3. The number of aryl methyl sites for hydroxylation is 1. The number of benzene rings is 3. The monoisotopic (exact) mass is 378 g/mol. The average molecular weight is 378 g/mol. The zero-order valence-corrected chi connectivity index (χ0v) is 15.8. The lowest BCUT2D eigenvalue weighted by atomic mass is 9.94. The van der Waals surface area contributed by atoms with Crippen LogP contribution in [0.4, 0.5) is 0 Å². The van der Waals surface area contributed by atoms with E-state index in [0.29, 0.717) is 24.9 Å². The molecule has 3 N–H and O–H groups in total. The van der Waals surface area contributed by atoms with Crippen LogP contribution in [0.1, 0.15) is 38.2 Å². The summed E-state index contributed by atoms with van der Waals surface area (Å²) >= 11 is 0. The number of carbonyl (C=O) groups is 1. The van der Waals surface area contributed by atoms with Crippen molar-refractivity contribution >= 4 is 6.29 Å². The summed E-state index contributed by atoms with van der Waals surface area (Å²) in [5.74, 6) is 0.585. The molecule has 3 aromatic rings. The molecule has 3 aromatic carbocycles. The summed E-state index contributed by atoms with van der Waals surface area (Å²) in [5, 5.41) is 30.2. The van der Waals surface area contributed by atoms with Crippen LogP contribution in [0.5, 0.6) is 23.0 Å². The normalized spacial score (nSPS) is 10.6. The number of methoxy groups -OCH3 is 1. The largest absolute Gasteiger partial charge is 0.507 e. The second kappa shape index (κ2) is 8.05. The quantitative estimate of drug-likeness (QED) is 0.562. The molecule has 0 spiro atoms. The van der Waals surface area contributed by atoms with Crippen molar-refractivity contribution in [3.8, 4) is 23.0 Å². The fourth-order valence-electron chi connectivity index (χ4n) is 3.28. The highest BCUT2D eigenvalue weighted by Gasteiger charge is 2.13. The average Bonchev–Trinajstić information content (AvgIpc) is 2.68. The molecule has 0 saturated carbocycles. The molecule has 3 rings (SSSR count). The third-order valence-corrected chi connectivity index (χ3v) is 4.66. The van der Waals surface area contributed by atoms with Gasteiger partial charge in [0.15, 0.2) is 17.8 Å². The Morgan fingerprint density at radius 2 is 1.43 bits per heavy atom. The number of phenolic OH excluding ortho intramolecular Hbond substituents is 3. The Labute approximate surface area is 163 Å². The molecule has 0 saturated heterocycles. The molecule has 0 heterocycles. The standard InChI is InChI=1S/C23H22O5/c1-14-7-17(9-15-3-5-20(25)19(11-15)13-24)23(27)18(8-14)10-16-4-6-21(26)22(12-16)28-2/h3-8,11-13,25-27H,9-10H2,1-2H3. The van der Waals surface area contributed by atoms with Gasteiger partial charge < -0.3 is 20.1 Å². The first-order valence-electron chi connectivity index (χ1n) is 8.85. The van der Waals surface area contributed by atoms with Crippen molar-refractivity contribution in [2.75, 3.05) is 7.11 Å². The molecule has 5 heteroatoms. The van der Waals surface area contributed by atoms with Crippen LogP contribution in [0.25, 0.3) is 0 Å². The van der Waals surface area contributed by atoms with Gasteiger partial charge in [0.25, 0.3) is 0 Å². The second-order valence-electron chi connectivity index (χ2n) is 6.80. The molecule has 0 aromatic heterocycles. The highest BCUT2D eigenvalue weighted by atomic mass is 16.5. The Bertz CT molecular complexity index is 1020. The van der Waals surface area contributed by atoms with E-state index >= 15 is 0 Å². The Morgan fingerprint density at radius 3 is 2.00 bits per heavy atom. The molecular formula is C23H22O5. The summed E-state index contributed by atoms with van der Waals surface area (Å²) in [6.45, 7) is 1.96. The number of aromatic hydroxyl groups is 3. The predicted molar refractivity (Wildman–Crippen MR) is 107 cm³/mol. The van der Waals surface area contributed by atoms with Crippen molar-refractivity contribution in [2.24, 2.45) is 0 Å².